The molecule has 1 saturated heterocycles. The van der Waals surface area contributed by atoms with Crippen LogP contribution in [-0.2, 0) is 9.53 Å². The van der Waals surface area contributed by atoms with Gasteiger partial charge >= 0.3 is 5.91 Å². The summed E-state index contributed by atoms with van der Waals surface area (Å²) in [5.41, 5.74) is 6.12. The molecule has 7 nitrogen and oxygen atoms in total. The molecule has 5 N–H and O–H groups in total. The van der Waals surface area contributed by atoms with Crippen LogP contribution in [0.25, 0.3) is 0 Å². The van der Waals surface area contributed by atoms with Gasteiger partial charge in [0.25, 0.3) is 0 Å². The first kappa shape index (κ1) is 19.5. The molecule has 2 aliphatic carbocycles. The number of quaternary nitrogens is 2. The quantitative estimate of drug-likeness (QED) is 0.481. The van der Waals surface area contributed by atoms with Gasteiger partial charge in [0.15, 0.2) is 5.50 Å². The number of thioether (sulfide) groups is 1. The number of amides is 1. The van der Waals surface area contributed by atoms with E-state index >= 15 is 0 Å². The standard InChI is InChI=1S/C17H31N3O4S/c1-2-24-14-8-7-11(9-13(14)20(22)23)10-16(21)19-12-5-3-4-6-15(12)25-17(19)18/h11-15,17,20,22H,2-10,18H2,1H3/p+1. The van der Waals surface area contributed by atoms with Crippen LogP contribution in [0.1, 0.15) is 58.3 Å². The minimum absolute atomic E-state index is 0.137. The van der Waals surface area contributed by atoms with Crippen LogP contribution in [0.2, 0.25) is 0 Å². The second kappa shape index (κ2) is 8.65. The monoisotopic (exact) mass is 374 g/mol. The van der Waals surface area contributed by atoms with Gasteiger partial charge in [0.1, 0.15) is 18.2 Å². The zero-order valence-electron chi connectivity index (χ0n) is 15.0. The van der Waals surface area contributed by atoms with Crippen LogP contribution >= 0.6 is 11.8 Å². The van der Waals surface area contributed by atoms with Gasteiger partial charge in [-0.1, -0.05) is 18.2 Å². The minimum Gasteiger partial charge on any atom is -0.600 e. The van der Waals surface area contributed by atoms with Gasteiger partial charge in [-0.3, -0.25) is 5.73 Å². The van der Waals surface area contributed by atoms with Gasteiger partial charge in [-0.15, -0.1) is 0 Å². The predicted molar refractivity (Wildman–Crippen MR) is 94.9 cm³/mol. The molecule has 8 heteroatoms. The molecule has 0 aromatic rings. The lowest BCUT2D eigenvalue weighted by molar-refractivity contribution is -1.07. The van der Waals surface area contributed by atoms with Crippen LogP contribution in [-0.4, -0.2) is 46.7 Å². The zero-order chi connectivity index (χ0) is 18.0. The van der Waals surface area contributed by atoms with Crippen LogP contribution in [0.4, 0.5) is 0 Å². The molecule has 0 bridgehead atoms. The number of hydrogen-bond acceptors (Lipinski definition) is 6. The van der Waals surface area contributed by atoms with E-state index in [1.807, 2.05) is 6.92 Å². The molecule has 8 unspecified atom stereocenters. The Bertz CT molecular complexity index is 467. The van der Waals surface area contributed by atoms with E-state index in [0.29, 0.717) is 30.7 Å². The highest BCUT2D eigenvalue weighted by molar-refractivity contribution is 8.00. The first-order valence-electron chi connectivity index (χ1n) is 9.66. The van der Waals surface area contributed by atoms with Crippen molar-refractivity contribution < 1.29 is 24.9 Å². The number of carbonyl (C=O) groups is 1. The summed E-state index contributed by atoms with van der Waals surface area (Å²) in [4.78, 5) is 13.9. The molecule has 0 radical (unpaired) electrons. The van der Waals surface area contributed by atoms with Gasteiger partial charge < -0.3 is 9.94 Å². The van der Waals surface area contributed by atoms with E-state index < -0.39 is 11.3 Å². The molecule has 25 heavy (non-hydrogen) atoms. The number of ether oxygens (including phenoxy) is 1. The SMILES string of the molecule is CCOC1CCC(CC(=O)[NH+]2C(N)SC3CCCCC32)CC1[NH+]([O-])O. The molecule has 3 aliphatic rings. The molecule has 1 amide bonds. The van der Waals surface area contributed by atoms with Crippen molar-refractivity contribution >= 4 is 17.7 Å². The van der Waals surface area contributed by atoms with Crippen molar-refractivity contribution in [2.45, 2.75) is 87.2 Å². The fraction of sp³-hybridized carbons (Fsp3) is 0.941. The van der Waals surface area contributed by atoms with Crippen LogP contribution in [0, 0.1) is 11.1 Å². The number of nitrogens with two attached hydrogens (primary N) is 1. The molecule has 2 saturated carbocycles. The lowest BCUT2D eigenvalue weighted by Gasteiger charge is -2.37. The molecule has 0 aromatic carbocycles. The second-order valence-electron chi connectivity index (χ2n) is 7.69. The van der Waals surface area contributed by atoms with Crippen molar-refractivity contribution in [2.24, 2.45) is 11.7 Å². The van der Waals surface area contributed by atoms with Crippen molar-refractivity contribution in [2.75, 3.05) is 6.61 Å². The molecule has 1 aliphatic heterocycles. The molecular weight excluding hydrogens is 342 g/mol. The molecule has 0 spiro atoms. The largest absolute Gasteiger partial charge is 0.600 e. The highest BCUT2D eigenvalue weighted by atomic mass is 32.2. The van der Waals surface area contributed by atoms with Crippen molar-refractivity contribution in [3.63, 3.8) is 0 Å². The number of rotatable bonds is 5. The van der Waals surface area contributed by atoms with E-state index in [9.17, 15) is 15.2 Å². The normalized spacial score (nSPS) is 42.8. The summed E-state index contributed by atoms with van der Waals surface area (Å²) in [5, 5.41) is 20.8. The Balaban J connectivity index is 1.59. The summed E-state index contributed by atoms with van der Waals surface area (Å²) in [6.45, 7) is 2.43. The molecule has 144 valence electrons. The molecule has 1 heterocycles. The van der Waals surface area contributed by atoms with Crippen molar-refractivity contribution in [1.29, 1.82) is 0 Å². The highest BCUT2D eigenvalue weighted by Gasteiger charge is 2.49. The van der Waals surface area contributed by atoms with E-state index in [0.717, 1.165) is 24.2 Å². The van der Waals surface area contributed by atoms with Gasteiger partial charge in [-0.25, -0.2) is 20.1 Å². The molecule has 8 atom stereocenters. The smallest absolute Gasteiger partial charge is 0.314 e. The van der Waals surface area contributed by atoms with Crippen LogP contribution < -0.4 is 15.9 Å². The maximum atomic E-state index is 13.0. The summed E-state index contributed by atoms with van der Waals surface area (Å²) in [6, 6.07) is -0.137. The topological polar surface area (TPSA) is 104 Å². The Morgan fingerprint density at radius 2 is 2.12 bits per heavy atom. The fourth-order valence-corrected chi connectivity index (χ4v) is 6.53. The maximum absolute atomic E-state index is 13.0. The van der Waals surface area contributed by atoms with Crippen LogP contribution in [0.3, 0.4) is 0 Å². The first-order chi connectivity index (χ1) is 12.0. The summed E-state index contributed by atoms with van der Waals surface area (Å²) in [5.74, 6) is 0.330. The molecule has 0 aromatic heterocycles. The summed E-state index contributed by atoms with van der Waals surface area (Å²) in [7, 11) is 0. The Hall–Kier alpha value is -0.220. The molecule has 3 rings (SSSR count). The number of carbonyl (C=O) groups excluding carboxylic acids is 1. The van der Waals surface area contributed by atoms with E-state index in [-0.39, 0.29) is 23.4 Å². The zero-order valence-corrected chi connectivity index (χ0v) is 15.8. The van der Waals surface area contributed by atoms with Gasteiger partial charge in [0.2, 0.25) is 0 Å². The van der Waals surface area contributed by atoms with Gasteiger partial charge in [0.05, 0.1) is 11.7 Å². The lowest BCUT2D eigenvalue weighted by atomic mass is 9.81. The third-order valence-corrected chi connectivity index (χ3v) is 7.58. The van der Waals surface area contributed by atoms with Crippen molar-refractivity contribution in [1.82, 2.24) is 0 Å². The van der Waals surface area contributed by atoms with E-state index in [1.165, 1.54) is 19.3 Å². The Morgan fingerprint density at radius 3 is 2.84 bits per heavy atom. The predicted octanol–water partition coefficient (Wildman–Crippen LogP) is -0.566. The number of hydrogen-bond donors (Lipinski definition) is 4. The van der Waals surface area contributed by atoms with Gasteiger partial charge in [-0.2, -0.15) is 0 Å². The number of hydroxylamine groups is 2. The Labute approximate surface area is 153 Å². The third-order valence-electron chi connectivity index (χ3n) is 6.12. The third kappa shape index (κ3) is 4.37. The fourth-order valence-electron chi connectivity index (χ4n) is 4.92. The number of nitrogens with one attached hydrogen (secondary N) is 2. The Morgan fingerprint density at radius 1 is 1.36 bits per heavy atom. The van der Waals surface area contributed by atoms with E-state index in [2.05, 4.69) is 0 Å². The number of fused-ring (bicyclic) bond motifs is 1. The molecule has 3 fully saturated rings. The van der Waals surface area contributed by atoms with Crippen LogP contribution in [0.5, 0.6) is 0 Å². The summed E-state index contributed by atoms with van der Waals surface area (Å²) >= 11 is 1.77. The summed E-state index contributed by atoms with van der Waals surface area (Å²) < 4.78 is 5.60. The second-order valence-corrected chi connectivity index (χ2v) is 9.07. The van der Waals surface area contributed by atoms with E-state index in [4.69, 9.17) is 10.5 Å². The van der Waals surface area contributed by atoms with Crippen LogP contribution in [0.15, 0.2) is 0 Å². The Kier molecular flexibility index (Phi) is 6.76. The summed E-state index contributed by atoms with van der Waals surface area (Å²) in [6.07, 6.45) is 7.05. The maximum Gasteiger partial charge on any atom is 0.314 e. The van der Waals surface area contributed by atoms with Crippen molar-refractivity contribution in [3.05, 3.63) is 5.21 Å². The minimum atomic E-state index is -0.802. The van der Waals surface area contributed by atoms with E-state index in [1.54, 1.807) is 11.8 Å². The highest BCUT2D eigenvalue weighted by Crippen LogP contribution is 2.33. The van der Waals surface area contributed by atoms with Gasteiger partial charge in [-0.05, 0) is 38.5 Å². The first-order valence-corrected chi connectivity index (χ1v) is 10.6. The lowest BCUT2D eigenvalue weighted by Crippen LogP contribution is -3.21. The average Bonchev–Trinajstić information content (AvgIpc) is 2.92. The van der Waals surface area contributed by atoms with Gasteiger partial charge in [0, 0.05) is 19.4 Å². The average molecular weight is 375 g/mol. The molecular formula is C17H32N3O4S+. The van der Waals surface area contributed by atoms with Crippen molar-refractivity contribution in [3.8, 4) is 0 Å².